The monoisotopic (exact) mass is 1140 g/mol. The fraction of sp³-hybridized carbons (Fsp3) is 0.750. The largest absolute Gasteiger partial charge is 0.462 e. The quantitative estimate of drug-likeness (QED) is 0.0261. The number of hydrogen-bond donors (Lipinski definition) is 0. The molecule has 472 valence electrons. The molecule has 0 radical (unpaired) electrons. The summed E-state index contributed by atoms with van der Waals surface area (Å²) >= 11 is 0. The van der Waals surface area contributed by atoms with Crippen LogP contribution in [0.5, 0.6) is 0 Å². The van der Waals surface area contributed by atoms with E-state index in [1.807, 2.05) is 0 Å². The zero-order valence-corrected chi connectivity index (χ0v) is 54.2. The highest BCUT2D eigenvalue weighted by molar-refractivity contribution is 5.71. The van der Waals surface area contributed by atoms with E-state index < -0.39 is 6.10 Å². The number of ether oxygens (including phenoxy) is 3. The summed E-state index contributed by atoms with van der Waals surface area (Å²) in [5, 5.41) is 0. The molecule has 1 atom stereocenters. The van der Waals surface area contributed by atoms with E-state index in [-0.39, 0.29) is 31.1 Å². The molecule has 82 heavy (non-hydrogen) atoms. The number of carbonyl (C=O) groups excluding carboxylic acids is 3. The van der Waals surface area contributed by atoms with Gasteiger partial charge in [-0.25, -0.2) is 0 Å². The molecule has 0 aromatic carbocycles. The average molecular weight is 1140 g/mol. The Morgan fingerprint density at radius 3 is 0.756 bits per heavy atom. The highest BCUT2D eigenvalue weighted by Gasteiger charge is 2.19. The second-order valence-electron chi connectivity index (χ2n) is 23.4. The van der Waals surface area contributed by atoms with E-state index in [0.29, 0.717) is 19.3 Å². The Kier molecular flexibility index (Phi) is 66.7. The molecule has 6 nitrogen and oxygen atoms in total. The topological polar surface area (TPSA) is 78.9 Å². The summed E-state index contributed by atoms with van der Waals surface area (Å²) in [6, 6.07) is 0. The Morgan fingerprint density at radius 2 is 0.476 bits per heavy atom. The lowest BCUT2D eigenvalue weighted by Gasteiger charge is -2.18. The van der Waals surface area contributed by atoms with Crippen LogP contribution in [0.25, 0.3) is 0 Å². The molecule has 1 unspecified atom stereocenters. The van der Waals surface area contributed by atoms with Gasteiger partial charge in [0, 0.05) is 19.3 Å². The molecule has 0 aliphatic rings. The molecule has 0 N–H and O–H groups in total. The minimum atomic E-state index is -0.781. The highest BCUT2D eigenvalue weighted by Crippen LogP contribution is 2.17. The third-order valence-electron chi connectivity index (χ3n) is 15.3. The van der Waals surface area contributed by atoms with Crippen molar-refractivity contribution in [3.63, 3.8) is 0 Å². The van der Waals surface area contributed by atoms with Gasteiger partial charge in [0.1, 0.15) is 13.2 Å². The van der Waals surface area contributed by atoms with E-state index in [1.165, 1.54) is 199 Å². The van der Waals surface area contributed by atoms with Gasteiger partial charge in [-0.05, 0) is 103 Å². The summed E-state index contributed by atoms with van der Waals surface area (Å²) in [5.41, 5.74) is 0. The zero-order valence-electron chi connectivity index (χ0n) is 54.2. The summed E-state index contributed by atoms with van der Waals surface area (Å²) < 4.78 is 17.0. The molecule has 0 aliphatic heterocycles. The average Bonchev–Trinajstić information content (AvgIpc) is 3.47. The Labute approximate surface area is 508 Å². The first-order chi connectivity index (χ1) is 40.5. The van der Waals surface area contributed by atoms with Crippen molar-refractivity contribution in [1.82, 2.24) is 0 Å². The molecule has 0 amide bonds. The first-order valence-corrected chi connectivity index (χ1v) is 35.2. The van der Waals surface area contributed by atoms with Gasteiger partial charge in [0.15, 0.2) is 6.10 Å². The van der Waals surface area contributed by atoms with Gasteiger partial charge in [-0.3, -0.25) is 14.4 Å². The van der Waals surface area contributed by atoms with Crippen molar-refractivity contribution < 1.29 is 28.6 Å². The van der Waals surface area contributed by atoms with E-state index in [9.17, 15) is 14.4 Å². The summed E-state index contributed by atoms with van der Waals surface area (Å²) in [6.45, 7) is 6.56. The summed E-state index contributed by atoms with van der Waals surface area (Å²) in [5.74, 6) is -0.867. The van der Waals surface area contributed by atoms with Crippen LogP contribution in [0, 0.1) is 0 Å². The van der Waals surface area contributed by atoms with E-state index in [2.05, 4.69) is 118 Å². The Morgan fingerprint density at radius 1 is 0.256 bits per heavy atom. The number of allylic oxidation sites excluding steroid dienone is 16. The lowest BCUT2D eigenvalue weighted by molar-refractivity contribution is -0.167. The van der Waals surface area contributed by atoms with Crippen LogP contribution in [-0.4, -0.2) is 37.2 Å². The number of rotatable bonds is 64. The van der Waals surface area contributed by atoms with E-state index >= 15 is 0 Å². The van der Waals surface area contributed by atoms with Gasteiger partial charge in [0.25, 0.3) is 0 Å². The molecule has 0 rings (SSSR count). The Bertz CT molecular complexity index is 1590. The predicted molar refractivity (Wildman–Crippen MR) is 357 cm³/mol. The first-order valence-electron chi connectivity index (χ1n) is 35.2. The molecule has 0 fully saturated rings. The molecule has 0 bridgehead atoms. The molecular formula is C76H132O6. The van der Waals surface area contributed by atoms with Crippen molar-refractivity contribution in [2.24, 2.45) is 0 Å². The fourth-order valence-corrected chi connectivity index (χ4v) is 10.1. The maximum Gasteiger partial charge on any atom is 0.306 e. The van der Waals surface area contributed by atoms with Crippen molar-refractivity contribution in [2.75, 3.05) is 13.2 Å². The maximum absolute atomic E-state index is 12.9. The molecule has 6 heteroatoms. The van der Waals surface area contributed by atoms with Crippen molar-refractivity contribution in [1.29, 1.82) is 0 Å². The Balaban J connectivity index is 4.29. The van der Waals surface area contributed by atoms with Gasteiger partial charge >= 0.3 is 17.9 Å². The SMILES string of the molecule is CC/C=C\C/C=C\C/C=C\C/C=C\C/C=C\C/C=C\C/C=C\CCCCCCCCCCCC(=O)OCC(COC(=O)CCCCCCCCCCCCCCCC)OC(=O)CCCCCCCCCCC/C=C\CCCCCCCC. The van der Waals surface area contributed by atoms with Gasteiger partial charge in [0.2, 0.25) is 0 Å². The van der Waals surface area contributed by atoms with Gasteiger partial charge in [-0.15, -0.1) is 0 Å². The van der Waals surface area contributed by atoms with Crippen LogP contribution in [0.1, 0.15) is 348 Å². The van der Waals surface area contributed by atoms with Crippen LogP contribution in [0.3, 0.4) is 0 Å². The smallest absolute Gasteiger partial charge is 0.306 e. The maximum atomic E-state index is 12.9. The minimum Gasteiger partial charge on any atom is -0.462 e. The van der Waals surface area contributed by atoms with Gasteiger partial charge < -0.3 is 14.2 Å². The summed E-state index contributed by atoms with van der Waals surface area (Å²) in [4.78, 5) is 38.4. The molecule has 0 aromatic heterocycles. The highest BCUT2D eigenvalue weighted by atomic mass is 16.6. The molecule has 0 saturated heterocycles. The molecule has 0 aliphatic carbocycles. The van der Waals surface area contributed by atoms with Crippen molar-refractivity contribution in [3.8, 4) is 0 Å². The van der Waals surface area contributed by atoms with Crippen LogP contribution in [0.4, 0.5) is 0 Å². The second-order valence-corrected chi connectivity index (χ2v) is 23.4. The normalized spacial score (nSPS) is 12.7. The molecule has 0 saturated carbocycles. The van der Waals surface area contributed by atoms with Crippen molar-refractivity contribution in [2.45, 2.75) is 354 Å². The van der Waals surface area contributed by atoms with Crippen LogP contribution in [0.15, 0.2) is 97.2 Å². The third kappa shape index (κ3) is 67.1. The molecule has 0 aromatic rings. The third-order valence-corrected chi connectivity index (χ3v) is 15.3. The molecule has 0 spiro atoms. The van der Waals surface area contributed by atoms with E-state index in [0.717, 1.165) is 109 Å². The lowest BCUT2D eigenvalue weighted by Crippen LogP contribution is -2.30. The minimum absolute atomic E-state index is 0.0757. The van der Waals surface area contributed by atoms with E-state index in [4.69, 9.17) is 14.2 Å². The van der Waals surface area contributed by atoms with Gasteiger partial charge in [-0.1, -0.05) is 323 Å². The molecular weight excluding hydrogens is 1010 g/mol. The van der Waals surface area contributed by atoms with Crippen molar-refractivity contribution in [3.05, 3.63) is 97.2 Å². The van der Waals surface area contributed by atoms with Crippen LogP contribution in [-0.2, 0) is 28.6 Å². The van der Waals surface area contributed by atoms with Crippen LogP contribution in [0.2, 0.25) is 0 Å². The van der Waals surface area contributed by atoms with Gasteiger partial charge in [-0.2, -0.15) is 0 Å². The van der Waals surface area contributed by atoms with Crippen molar-refractivity contribution >= 4 is 17.9 Å². The van der Waals surface area contributed by atoms with Crippen LogP contribution < -0.4 is 0 Å². The summed E-state index contributed by atoms with van der Waals surface area (Å²) in [6.07, 6.45) is 94.2. The lowest BCUT2D eigenvalue weighted by atomic mass is 10.0. The number of hydrogen-bond acceptors (Lipinski definition) is 6. The predicted octanol–water partition coefficient (Wildman–Crippen LogP) is 24.4. The number of esters is 3. The Hall–Kier alpha value is -3.67. The van der Waals surface area contributed by atoms with Gasteiger partial charge in [0.05, 0.1) is 0 Å². The summed E-state index contributed by atoms with van der Waals surface area (Å²) in [7, 11) is 0. The first kappa shape index (κ1) is 78.3. The number of carbonyl (C=O) groups is 3. The fourth-order valence-electron chi connectivity index (χ4n) is 10.1. The number of unbranched alkanes of at least 4 members (excludes halogenated alkanes) is 37. The standard InChI is InChI=1S/C76H132O6/c1-4-7-10-13-16-19-22-25-28-30-32-33-34-35-36-37-38-39-40-41-42-43-45-46-48-51-54-57-60-63-66-69-75(78)81-72-73(71-80-74(77)68-65-62-59-56-53-50-27-24-21-18-15-12-9-6-3)82-76(79)70-67-64-61-58-55-52-49-47-44-31-29-26-23-20-17-14-11-8-5-2/h7,10,16,19,25-26,28-29,32-33,35-36,38-39,41-42,73H,4-6,8-9,11-15,17-18,20-24,27,30-31,34,37,40,43-72H2,1-3H3/b10-7-,19-16-,28-25-,29-26-,33-32-,36-35-,39-38-,42-41-. The second kappa shape index (κ2) is 69.8. The van der Waals surface area contributed by atoms with E-state index in [1.54, 1.807) is 0 Å². The van der Waals surface area contributed by atoms with Crippen LogP contribution >= 0.6 is 0 Å². The zero-order chi connectivity index (χ0) is 59.2. The molecule has 0 heterocycles.